The SMILES string of the molecule is C[C@H](O)c1nccc2cc(Br)ccc12. The highest BCUT2D eigenvalue weighted by Gasteiger charge is 2.07. The van der Waals surface area contributed by atoms with Gasteiger partial charge in [0.25, 0.3) is 0 Å². The van der Waals surface area contributed by atoms with Gasteiger partial charge in [0.2, 0.25) is 0 Å². The fraction of sp³-hybridized carbons (Fsp3) is 0.182. The van der Waals surface area contributed by atoms with E-state index >= 15 is 0 Å². The Balaban J connectivity index is 2.75. The van der Waals surface area contributed by atoms with Crippen LogP contribution >= 0.6 is 15.9 Å². The molecule has 0 aliphatic heterocycles. The highest BCUT2D eigenvalue weighted by atomic mass is 79.9. The van der Waals surface area contributed by atoms with Gasteiger partial charge in [-0.2, -0.15) is 0 Å². The number of aromatic nitrogens is 1. The third-order valence-corrected chi connectivity index (χ3v) is 2.65. The largest absolute Gasteiger partial charge is 0.387 e. The molecule has 3 heteroatoms. The summed E-state index contributed by atoms with van der Waals surface area (Å²) >= 11 is 3.41. The van der Waals surface area contributed by atoms with Crippen molar-refractivity contribution in [1.82, 2.24) is 4.98 Å². The minimum Gasteiger partial charge on any atom is -0.387 e. The second-order valence-electron chi connectivity index (χ2n) is 3.24. The standard InChI is InChI=1S/C11H10BrNO/c1-7(14)11-10-3-2-9(12)6-8(10)4-5-13-11/h2-7,14H,1H3/t7-/m0/s1. The van der Waals surface area contributed by atoms with Crippen molar-refractivity contribution >= 4 is 26.7 Å². The van der Waals surface area contributed by atoms with Crippen LogP contribution < -0.4 is 0 Å². The summed E-state index contributed by atoms with van der Waals surface area (Å²) in [6, 6.07) is 7.87. The van der Waals surface area contributed by atoms with Gasteiger partial charge >= 0.3 is 0 Å². The van der Waals surface area contributed by atoms with Crippen molar-refractivity contribution in [2.45, 2.75) is 13.0 Å². The first-order valence-corrected chi connectivity index (χ1v) is 5.20. The summed E-state index contributed by atoms with van der Waals surface area (Å²) in [6.45, 7) is 1.73. The molecule has 72 valence electrons. The maximum atomic E-state index is 9.52. The second-order valence-corrected chi connectivity index (χ2v) is 4.15. The summed E-state index contributed by atoms with van der Waals surface area (Å²) in [5.74, 6) is 0. The van der Waals surface area contributed by atoms with E-state index in [2.05, 4.69) is 20.9 Å². The molecule has 2 rings (SSSR count). The van der Waals surface area contributed by atoms with E-state index in [1.165, 1.54) is 0 Å². The molecule has 1 aromatic carbocycles. The predicted molar refractivity (Wildman–Crippen MR) is 60.1 cm³/mol. The van der Waals surface area contributed by atoms with Gasteiger partial charge in [-0.15, -0.1) is 0 Å². The summed E-state index contributed by atoms with van der Waals surface area (Å²) in [5, 5.41) is 11.6. The van der Waals surface area contributed by atoms with Crippen LogP contribution in [0.1, 0.15) is 18.7 Å². The quantitative estimate of drug-likeness (QED) is 0.846. The first-order valence-electron chi connectivity index (χ1n) is 4.41. The van der Waals surface area contributed by atoms with Gasteiger partial charge in [0.15, 0.2) is 0 Å². The van der Waals surface area contributed by atoms with Crippen LogP contribution in [0.2, 0.25) is 0 Å². The Hall–Kier alpha value is -0.930. The molecule has 2 nitrogen and oxygen atoms in total. The lowest BCUT2D eigenvalue weighted by Crippen LogP contribution is -1.96. The summed E-state index contributed by atoms with van der Waals surface area (Å²) in [5.41, 5.74) is 0.731. The number of benzene rings is 1. The number of hydrogen-bond acceptors (Lipinski definition) is 2. The number of aliphatic hydroxyl groups is 1. The Labute approximate surface area is 90.7 Å². The molecule has 1 N–H and O–H groups in total. The summed E-state index contributed by atoms with van der Waals surface area (Å²) in [7, 11) is 0. The van der Waals surface area contributed by atoms with Gasteiger partial charge in [-0.1, -0.05) is 22.0 Å². The lowest BCUT2D eigenvalue weighted by atomic mass is 10.1. The highest BCUT2D eigenvalue weighted by Crippen LogP contribution is 2.24. The van der Waals surface area contributed by atoms with E-state index < -0.39 is 6.10 Å². The maximum absolute atomic E-state index is 9.52. The van der Waals surface area contributed by atoms with E-state index in [9.17, 15) is 5.11 Å². The van der Waals surface area contributed by atoms with Crippen LogP contribution in [0.15, 0.2) is 34.9 Å². The molecule has 1 atom stereocenters. The zero-order valence-electron chi connectivity index (χ0n) is 7.74. The van der Waals surface area contributed by atoms with Crippen molar-refractivity contribution < 1.29 is 5.11 Å². The number of nitrogens with zero attached hydrogens (tertiary/aromatic N) is 1. The number of rotatable bonds is 1. The van der Waals surface area contributed by atoms with Crippen LogP contribution in [-0.4, -0.2) is 10.1 Å². The van der Waals surface area contributed by atoms with Crippen molar-refractivity contribution in [2.75, 3.05) is 0 Å². The van der Waals surface area contributed by atoms with Gasteiger partial charge in [-0.25, -0.2) is 0 Å². The van der Waals surface area contributed by atoms with Gasteiger partial charge in [0, 0.05) is 16.1 Å². The third-order valence-electron chi connectivity index (χ3n) is 2.15. The molecule has 0 saturated carbocycles. The third kappa shape index (κ3) is 1.65. The molecule has 0 bridgehead atoms. The van der Waals surface area contributed by atoms with E-state index in [1.807, 2.05) is 24.3 Å². The van der Waals surface area contributed by atoms with Gasteiger partial charge in [-0.05, 0) is 30.5 Å². The molecule has 0 unspecified atom stereocenters. The Morgan fingerprint density at radius 1 is 1.36 bits per heavy atom. The predicted octanol–water partition coefficient (Wildman–Crippen LogP) is 3.05. The van der Waals surface area contributed by atoms with E-state index in [-0.39, 0.29) is 0 Å². The van der Waals surface area contributed by atoms with Crippen LogP contribution in [0.25, 0.3) is 10.8 Å². The topological polar surface area (TPSA) is 33.1 Å². The molecule has 0 fully saturated rings. The second kappa shape index (κ2) is 3.67. The van der Waals surface area contributed by atoms with Crippen LogP contribution in [0.3, 0.4) is 0 Å². The van der Waals surface area contributed by atoms with E-state index in [1.54, 1.807) is 13.1 Å². The molecule has 14 heavy (non-hydrogen) atoms. The van der Waals surface area contributed by atoms with Gasteiger partial charge in [-0.3, -0.25) is 4.98 Å². The van der Waals surface area contributed by atoms with Crippen molar-refractivity contribution in [2.24, 2.45) is 0 Å². The Kier molecular flexibility index (Phi) is 2.52. The van der Waals surface area contributed by atoms with Crippen molar-refractivity contribution in [3.05, 3.63) is 40.6 Å². The van der Waals surface area contributed by atoms with E-state index in [0.717, 1.165) is 20.9 Å². The smallest absolute Gasteiger partial charge is 0.0938 e. The lowest BCUT2D eigenvalue weighted by Gasteiger charge is -2.07. The number of aliphatic hydroxyl groups excluding tert-OH is 1. The molecule has 0 aliphatic carbocycles. The lowest BCUT2D eigenvalue weighted by molar-refractivity contribution is 0.196. The number of fused-ring (bicyclic) bond motifs is 1. The molecule has 0 aliphatic rings. The van der Waals surface area contributed by atoms with Crippen molar-refractivity contribution in [3.63, 3.8) is 0 Å². The van der Waals surface area contributed by atoms with Crippen molar-refractivity contribution in [3.8, 4) is 0 Å². The highest BCUT2D eigenvalue weighted by molar-refractivity contribution is 9.10. The zero-order chi connectivity index (χ0) is 10.1. The molecule has 0 radical (unpaired) electrons. The fourth-order valence-corrected chi connectivity index (χ4v) is 1.88. The number of hydrogen-bond donors (Lipinski definition) is 1. The fourth-order valence-electron chi connectivity index (χ4n) is 1.51. The van der Waals surface area contributed by atoms with Crippen LogP contribution in [-0.2, 0) is 0 Å². The average Bonchev–Trinajstić information content (AvgIpc) is 2.16. The van der Waals surface area contributed by atoms with E-state index in [0.29, 0.717) is 0 Å². The average molecular weight is 252 g/mol. The molecular weight excluding hydrogens is 242 g/mol. The molecule has 1 heterocycles. The number of pyridine rings is 1. The molecule has 0 saturated heterocycles. The Bertz CT molecular complexity index is 468. The molecule has 1 aromatic heterocycles. The Morgan fingerprint density at radius 2 is 2.14 bits per heavy atom. The van der Waals surface area contributed by atoms with E-state index in [4.69, 9.17) is 0 Å². The van der Waals surface area contributed by atoms with Gasteiger partial charge in [0.1, 0.15) is 0 Å². The minimum atomic E-state index is -0.528. The minimum absolute atomic E-state index is 0.528. The monoisotopic (exact) mass is 251 g/mol. The maximum Gasteiger partial charge on any atom is 0.0938 e. The molecule has 2 aromatic rings. The van der Waals surface area contributed by atoms with Crippen LogP contribution in [0.5, 0.6) is 0 Å². The van der Waals surface area contributed by atoms with Crippen LogP contribution in [0.4, 0.5) is 0 Å². The van der Waals surface area contributed by atoms with Gasteiger partial charge in [0.05, 0.1) is 11.8 Å². The summed E-state index contributed by atoms with van der Waals surface area (Å²) in [4.78, 5) is 4.17. The normalized spacial score (nSPS) is 13.1. The zero-order valence-corrected chi connectivity index (χ0v) is 9.32. The van der Waals surface area contributed by atoms with Gasteiger partial charge < -0.3 is 5.11 Å². The summed E-state index contributed by atoms with van der Waals surface area (Å²) < 4.78 is 1.03. The molecular formula is C11H10BrNO. The Morgan fingerprint density at radius 3 is 2.86 bits per heavy atom. The first-order chi connectivity index (χ1) is 6.68. The van der Waals surface area contributed by atoms with Crippen molar-refractivity contribution in [1.29, 1.82) is 0 Å². The summed E-state index contributed by atoms with van der Waals surface area (Å²) in [6.07, 6.45) is 1.19. The number of halogens is 1. The first kappa shape index (κ1) is 9.62. The molecule has 0 spiro atoms. The van der Waals surface area contributed by atoms with Crippen LogP contribution in [0, 0.1) is 0 Å². The molecule has 0 amide bonds.